The smallest absolute Gasteiger partial charge is 0.326 e. The van der Waals surface area contributed by atoms with Crippen molar-refractivity contribution in [1.29, 1.82) is 0 Å². The number of carboxylic acid groups (broad SMARTS) is 1. The van der Waals surface area contributed by atoms with Crippen molar-refractivity contribution in [2.75, 3.05) is 0 Å². The minimum atomic E-state index is -1.12. The van der Waals surface area contributed by atoms with Gasteiger partial charge in [-0.2, -0.15) is 0 Å². The summed E-state index contributed by atoms with van der Waals surface area (Å²) in [6.45, 7) is 0.317. The molecule has 166 valence electrons. The van der Waals surface area contributed by atoms with E-state index in [0.717, 1.165) is 22.2 Å². The Morgan fingerprint density at radius 1 is 0.970 bits per heavy atom. The SMILES string of the molecule is O=C(NC(Cc1ccc(OCc2ccc3ccccc3n2)cc1)C(=O)O)c1cccc(Cl)c1. The Morgan fingerprint density at radius 3 is 2.52 bits per heavy atom. The first-order valence-corrected chi connectivity index (χ1v) is 10.7. The van der Waals surface area contributed by atoms with Crippen molar-refractivity contribution in [1.82, 2.24) is 10.3 Å². The molecule has 0 aliphatic rings. The van der Waals surface area contributed by atoms with Crippen LogP contribution in [-0.4, -0.2) is 28.0 Å². The van der Waals surface area contributed by atoms with Crippen LogP contribution in [0.4, 0.5) is 0 Å². The molecule has 7 heteroatoms. The minimum absolute atomic E-state index is 0.133. The predicted octanol–water partition coefficient (Wildman–Crippen LogP) is 4.89. The predicted molar refractivity (Wildman–Crippen MR) is 127 cm³/mol. The molecule has 0 aliphatic carbocycles. The number of benzene rings is 3. The number of hydrogen-bond donors (Lipinski definition) is 2. The third-order valence-electron chi connectivity index (χ3n) is 5.10. The maximum atomic E-state index is 12.4. The van der Waals surface area contributed by atoms with Crippen molar-refractivity contribution >= 4 is 34.4 Å². The number of carbonyl (C=O) groups excluding carboxylic acids is 1. The number of para-hydroxylation sites is 1. The van der Waals surface area contributed by atoms with Crippen LogP contribution in [0.1, 0.15) is 21.6 Å². The van der Waals surface area contributed by atoms with Crippen molar-refractivity contribution in [3.63, 3.8) is 0 Å². The van der Waals surface area contributed by atoms with Crippen LogP contribution in [-0.2, 0) is 17.8 Å². The van der Waals surface area contributed by atoms with Gasteiger partial charge in [-0.25, -0.2) is 9.78 Å². The summed E-state index contributed by atoms with van der Waals surface area (Å²) in [6, 6.07) is 24.2. The quantitative estimate of drug-likeness (QED) is 0.390. The lowest BCUT2D eigenvalue weighted by molar-refractivity contribution is -0.139. The Labute approximate surface area is 195 Å². The summed E-state index contributed by atoms with van der Waals surface area (Å²) in [7, 11) is 0. The fourth-order valence-corrected chi connectivity index (χ4v) is 3.57. The number of amides is 1. The molecule has 1 atom stereocenters. The second kappa shape index (κ2) is 10.1. The first-order valence-electron chi connectivity index (χ1n) is 10.3. The van der Waals surface area contributed by atoms with Crippen LogP contribution in [0.2, 0.25) is 5.02 Å². The lowest BCUT2D eigenvalue weighted by atomic mass is 10.1. The number of hydrogen-bond acceptors (Lipinski definition) is 4. The summed E-state index contributed by atoms with van der Waals surface area (Å²) in [4.78, 5) is 28.7. The van der Waals surface area contributed by atoms with E-state index < -0.39 is 17.9 Å². The zero-order valence-electron chi connectivity index (χ0n) is 17.6. The van der Waals surface area contributed by atoms with E-state index in [1.807, 2.05) is 36.4 Å². The molecule has 0 fully saturated rings. The molecule has 0 saturated heterocycles. The third kappa shape index (κ3) is 5.87. The lowest BCUT2D eigenvalue weighted by Crippen LogP contribution is -2.42. The first kappa shape index (κ1) is 22.3. The van der Waals surface area contributed by atoms with Crippen LogP contribution >= 0.6 is 11.6 Å². The van der Waals surface area contributed by atoms with Gasteiger partial charge >= 0.3 is 5.97 Å². The molecule has 0 spiro atoms. The van der Waals surface area contributed by atoms with Gasteiger partial charge in [0.1, 0.15) is 18.4 Å². The second-order valence-corrected chi connectivity index (χ2v) is 7.94. The Morgan fingerprint density at radius 2 is 1.76 bits per heavy atom. The van der Waals surface area contributed by atoms with Gasteiger partial charge in [0.2, 0.25) is 0 Å². The molecule has 1 amide bonds. The number of halogens is 1. The maximum absolute atomic E-state index is 12.4. The summed E-state index contributed by atoms with van der Waals surface area (Å²) in [5, 5.41) is 13.6. The maximum Gasteiger partial charge on any atom is 0.326 e. The number of nitrogens with one attached hydrogen (secondary N) is 1. The lowest BCUT2D eigenvalue weighted by Gasteiger charge is -2.15. The summed E-state index contributed by atoms with van der Waals surface area (Å²) in [5.74, 6) is -0.968. The van der Waals surface area contributed by atoms with Crippen LogP contribution in [0.3, 0.4) is 0 Å². The van der Waals surface area contributed by atoms with Gasteiger partial charge in [-0.05, 0) is 48.0 Å². The number of nitrogens with zero attached hydrogens (tertiary/aromatic N) is 1. The molecular formula is C26H21ClN2O4. The second-order valence-electron chi connectivity index (χ2n) is 7.51. The highest BCUT2D eigenvalue weighted by atomic mass is 35.5. The van der Waals surface area contributed by atoms with Crippen molar-refractivity contribution in [2.45, 2.75) is 19.1 Å². The molecule has 1 unspecified atom stereocenters. The molecule has 0 radical (unpaired) electrons. The molecule has 0 aliphatic heterocycles. The Bertz CT molecular complexity index is 1290. The monoisotopic (exact) mass is 460 g/mol. The zero-order chi connectivity index (χ0) is 23.2. The molecule has 2 N–H and O–H groups in total. The van der Waals surface area contributed by atoms with E-state index >= 15 is 0 Å². The van der Waals surface area contributed by atoms with Crippen molar-refractivity contribution < 1.29 is 19.4 Å². The Balaban J connectivity index is 1.36. The third-order valence-corrected chi connectivity index (χ3v) is 5.33. The average molecular weight is 461 g/mol. The molecular weight excluding hydrogens is 440 g/mol. The highest BCUT2D eigenvalue weighted by Crippen LogP contribution is 2.17. The average Bonchev–Trinajstić information content (AvgIpc) is 2.83. The number of fused-ring (bicyclic) bond motifs is 1. The zero-order valence-corrected chi connectivity index (χ0v) is 18.3. The number of rotatable bonds is 8. The molecule has 6 nitrogen and oxygen atoms in total. The summed E-state index contributed by atoms with van der Waals surface area (Å²) < 4.78 is 5.82. The van der Waals surface area contributed by atoms with E-state index in [1.54, 1.807) is 42.5 Å². The Hall–Kier alpha value is -3.90. The van der Waals surface area contributed by atoms with E-state index in [0.29, 0.717) is 22.9 Å². The van der Waals surface area contributed by atoms with Gasteiger partial charge < -0.3 is 15.2 Å². The van der Waals surface area contributed by atoms with E-state index in [2.05, 4.69) is 10.3 Å². The standard InChI is InChI=1S/C26H21ClN2O4/c27-20-6-3-5-19(15-20)25(30)29-24(26(31)32)14-17-8-12-22(13-9-17)33-16-21-11-10-18-4-1-2-7-23(18)28-21/h1-13,15,24H,14,16H2,(H,29,30)(H,31,32). The molecule has 0 saturated carbocycles. The molecule has 1 aromatic heterocycles. The van der Waals surface area contributed by atoms with Crippen molar-refractivity contribution in [2.24, 2.45) is 0 Å². The van der Waals surface area contributed by atoms with Gasteiger partial charge in [0.15, 0.2) is 0 Å². The van der Waals surface area contributed by atoms with Crippen LogP contribution in [0.5, 0.6) is 5.75 Å². The summed E-state index contributed by atoms with van der Waals surface area (Å²) >= 11 is 5.91. The summed E-state index contributed by atoms with van der Waals surface area (Å²) in [5.41, 5.74) is 2.78. The fourth-order valence-electron chi connectivity index (χ4n) is 3.37. The van der Waals surface area contributed by atoms with E-state index in [9.17, 15) is 14.7 Å². The number of carboxylic acids is 1. The Kier molecular flexibility index (Phi) is 6.86. The molecule has 33 heavy (non-hydrogen) atoms. The van der Waals surface area contributed by atoms with E-state index in [-0.39, 0.29) is 6.42 Å². The van der Waals surface area contributed by atoms with Gasteiger partial charge in [0, 0.05) is 22.4 Å². The number of carbonyl (C=O) groups is 2. The minimum Gasteiger partial charge on any atom is -0.487 e. The summed E-state index contributed by atoms with van der Waals surface area (Å²) in [6.07, 6.45) is 0.133. The largest absolute Gasteiger partial charge is 0.487 e. The topological polar surface area (TPSA) is 88.5 Å². The van der Waals surface area contributed by atoms with Crippen LogP contribution in [0, 0.1) is 0 Å². The number of pyridine rings is 1. The van der Waals surface area contributed by atoms with Gasteiger partial charge in [-0.15, -0.1) is 0 Å². The van der Waals surface area contributed by atoms with Gasteiger partial charge in [0.05, 0.1) is 11.2 Å². The van der Waals surface area contributed by atoms with Gasteiger partial charge in [-0.3, -0.25) is 4.79 Å². The van der Waals surface area contributed by atoms with Crippen LogP contribution in [0.15, 0.2) is 84.9 Å². The first-order chi connectivity index (χ1) is 16.0. The van der Waals surface area contributed by atoms with Gasteiger partial charge in [0.25, 0.3) is 5.91 Å². The highest BCUT2D eigenvalue weighted by Gasteiger charge is 2.21. The fraction of sp³-hybridized carbons (Fsp3) is 0.115. The normalized spacial score (nSPS) is 11.7. The van der Waals surface area contributed by atoms with Crippen molar-refractivity contribution in [3.8, 4) is 5.75 Å². The van der Waals surface area contributed by atoms with E-state index in [4.69, 9.17) is 16.3 Å². The number of aliphatic carboxylic acids is 1. The highest BCUT2D eigenvalue weighted by molar-refractivity contribution is 6.31. The van der Waals surface area contributed by atoms with Crippen molar-refractivity contribution in [3.05, 3.63) is 107 Å². The molecule has 0 bridgehead atoms. The van der Waals surface area contributed by atoms with Gasteiger partial charge in [-0.1, -0.05) is 54.1 Å². The van der Waals surface area contributed by atoms with E-state index in [1.165, 1.54) is 6.07 Å². The molecule has 4 rings (SSSR count). The molecule has 3 aromatic carbocycles. The van der Waals surface area contributed by atoms with Crippen LogP contribution in [0.25, 0.3) is 10.9 Å². The van der Waals surface area contributed by atoms with Crippen LogP contribution < -0.4 is 10.1 Å². The number of aromatic nitrogens is 1. The molecule has 1 heterocycles. The number of ether oxygens (including phenoxy) is 1. The molecule has 4 aromatic rings.